The standard InChI is InChI=1S/C10H10/c1-4-10-6-8(2)5-9(3)7-10/h1,5-7H,2-3H3. The summed E-state index contributed by atoms with van der Waals surface area (Å²) in [7, 11) is 0. The van der Waals surface area contributed by atoms with Gasteiger partial charge in [-0.3, -0.25) is 0 Å². The molecule has 0 saturated carbocycles. The second kappa shape index (κ2) is 2.58. The lowest BCUT2D eigenvalue weighted by Crippen LogP contribution is -1.79. The third-order valence-corrected chi connectivity index (χ3v) is 1.39. The van der Waals surface area contributed by atoms with Crippen molar-refractivity contribution in [3.05, 3.63) is 34.9 Å². The van der Waals surface area contributed by atoms with Crippen molar-refractivity contribution in [3.63, 3.8) is 0 Å². The van der Waals surface area contributed by atoms with Crippen LogP contribution in [0.2, 0.25) is 0 Å². The van der Waals surface area contributed by atoms with Gasteiger partial charge in [-0.05, 0) is 37.1 Å². The maximum atomic E-state index is 5.24. The molecule has 0 nitrogen and oxygen atoms in total. The Bertz CT molecular complexity index is 256. The van der Waals surface area contributed by atoms with Crippen molar-refractivity contribution < 1.29 is 0 Å². The van der Waals surface area contributed by atoms with Crippen molar-refractivity contribution in [1.29, 1.82) is 0 Å². The van der Waals surface area contributed by atoms with E-state index in [-0.39, 0.29) is 0 Å². The van der Waals surface area contributed by atoms with Gasteiger partial charge >= 0.3 is 0 Å². The van der Waals surface area contributed by atoms with Crippen molar-refractivity contribution in [2.45, 2.75) is 13.8 Å². The number of terminal acetylenes is 1. The van der Waals surface area contributed by atoms with Crippen molar-refractivity contribution in [2.24, 2.45) is 0 Å². The van der Waals surface area contributed by atoms with Crippen LogP contribution in [-0.4, -0.2) is 0 Å². The van der Waals surface area contributed by atoms with E-state index in [0.29, 0.717) is 0 Å². The van der Waals surface area contributed by atoms with Gasteiger partial charge in [-0.2, -0.15) is 0 Å². The molecule has 1 aromatic rings. The van der Waals surface area contributed by atoms with Crippen LogP contribution in [0.3, 0.4) is 0 Å². The summed E-state index contributed by atoms with van der Waals surface area (Å²) in [5, 5.41) is 0. The van der Waals surface area contributed by atoms with Crippen LogP contribution in [0.4, 0.5) is 0 Å². The zero-order valence-corrected chi connectivity index (χ0v) is 6.31. The first-order chi connectivity index (χ1) is 4.72. The predicted molar refractivity (Wildman–Crippen MR) is 43.9 cm³/mol. The Morgan fingerprint density at radius 2 is 1.60 bits per heavy atom. The Hall–Kier alpha value is -1.22. The Kier molecular flexibility index (Phi) is 1.78. The van der Waals surface area contributed by atoms with Gasteiger partial charge in [0.1, 0.15) is 0 Å². The lowest BCUT2D eigenvalue weighted by atomic mass is 10.1. The lowest BCUT2D eigenvalue weighted by molar-refractivity contribution is 1.37. The van der Waals surface area contributed by atoms with Gasteiger partial charge in [-0.1, -0.05) is 12.0 Å². The van der Waals surface area contributed by atoms with Gasteiger partial charge in [-0.25, -0.2) is 0 Å². The molecule has 0 aliphatic carbocycles. The second-order valence-electron chi connectivity index (χ2n) is 2.52. The van der Waals surface area contributed by atoms with E-state index in [0.717, 1.165) is 5.56 Å². The van der Waals surface area contributed by atoms with Crippen LogP contribution >= 0.6 is 0 Å². The molecule has 0 unspecified atom stereocenters. The van der Waals surface area contributed by atoms with Gasteiger partial charge in [0.2, 0.25) is 0 Å². The van der Waals surface area contributed by atoms with Gasteiger partial charge < -0.3 is 0 Å². The molecule has 0 aliphatic rings. The maximum absolute atomic E-state index is 5.24. The Labute approximate surface area is 61.9 Å². The molecular weight excluding hydrogens is 120 g/mol. The van der Waals surface area contributed by atoms with E-state index in [4.69, 9.17) is 6.42 Å². The first-order valence-corrected chi connectivity index (χ1v) is 3.27. The van der Waals surface area contributed by atoms with Gasteiger partial charge in [0.15, 0.2) is 0 Å². The summed E-state index contributed by atoms with van der Waals surface area (Å²) in [6, 6.07) is 6.13. The average Bonchev–Trinajstić information content (AvgIpc) is 1.85. The molecule has 0 aliphatic heterocycles. The smallest absolute Gasteiger partial charge is 0.0247 e. The Morgan fingerprint density at radius 1 is 1.10 bits per heavy atom. The summed E-state index contributed by atoms with van der Waals surface area (Å²) in [5.74, 6) is 2.61. The van der Waals surface area contributed by atoms with Crippen LogP contribution in [0.25, 0.3) is 0 Å². The highest BCUT2D eigenvalue weighted by atomic mass is 13.9. The van der Waals surface area contributed by atoms with Crippen LogP contribution in [0.1, 0.15) is 16.7 Å². The molecule has 0 saturated heterocycles. The quantitative estimate of drug-likeness (QED) is 0.473. The number of benzene rings is 1. The van der Waals surface area contributed by atoms with E-state index in [2.05, 4.69) is 12.0 Å². The van der Waals surface area contributed by atoms with Crippen LogP contribution in [-0.2, 0) is 0 Å². The minimum atomic E-state index is 0.970. The molecule has 0 N–H and O–H groups in total. The summed E-state index contributed by atoms with van der Waals surface area (Å²) in [6.45, 7) is 4.10. The third kappa shape index (κ3) is 1.39. The lowest BCUT2D eigenvalue weighted by Gasteiger charge is -1.96. The molecule has 1 aromatic carbocycles. The molecule has 0 heteroatoms. The van der Waals surface area contributed by atoms with E-state index in [1.165, 1.54) is 11.1 Å². The normalized spacial score (nSPS) is 8.90. The number of rotatable bonds is 0. The highest BCUT2D eigenvalue weighted by Crippen LogP contribution is 2.06. The highest BCUT2D eigenvalue weighted by Gasteiger charge is 1.89. The number of hydrogen-bond acceptors (Lipinski definition) is 0. The topological polar surface area (TPSA) is 0 Å². The minimum absolute atomic E-state index is 0.970. The molecule has 0 bridgehead atoms. The summed E-state index contributed by atoms with van der Waals surface area (Å²) in [4.78, 5) is 0. The van der Waals surface area contributed by atoms with E-state index in [9.17, 15) is 0 Å². The van der Waals surface area contributed by atoms with E-state index in [1.54, 1.807) is 0 Å². The van der Waals surface area contributed by atoms with Crippen molar-refractivity contribution in [2.75, 3.05) is 0 Å². The third-order valence-electron chi connectivity index (χ3n) is 1.39. The number of hydrogen-bond donors (Lipinski definition) is 0. The maximum Gasteiger partial charge on any atom is 0.0247 e. The van der Waals surface area contributed by atoms with Gasteiger partial charge in [-0.15, -0.1) is 6.42 Å². The van der Waals surface area contributed by atoms with Crippen molar-refractivity contribution >= 4 is 0 Å². The summed E-state index contributed by atoms with van der Waals surface area (Å²) in [6.07, 6.45) is 5.24. The SMILES string of the molecule is C#Cc1cc(C)cc(C)c1. The minimum Gasteiger partial charge on any atom is -0.115 e. The molecule has 10 heavy (non-hydrogen) atoms. The zero-order chi connectivity index (χ0) is 7.56. The molecule has 0 aromatic heterocycles. The Morgan fingerprint density at radius 3 is 2.00 bits per heavy atom. The molecule has 1 rings (SSSR count). The summed E-state index contributed by atoms with van der Waals surface area (Å²) < 4.78 is 0. The Balaban J connectivity index is 3.22. The fraction of sp³-hybridized carbons (Fsp3) is 0.200. The monoisotopic (exact) mass is 130 g/mol. The van der Waals surface area contributed by atoms with Gasteiger partial charge in [0.25, 0.3) is 0 Å². The molecule has 0 heterocycles. The van der Waals surface area contributed by atoms with E-state index >= 15 is 0 Å². The fourth-order valence-corrected chi connectivity index (χ4v) is 1.06. The molecule has 50 valence electrons. The molecule has 0 fully saturated rings. The fourth-order valence-electron chi connectivity index (χ4n) is 1.06. The van der Waals surface area contributed by atoms with Gasteiger partial charge in [0, 0.05) is 5.56 Å². The first-order valence-electron chi connectivity index (χ1n) is 3.27. The molecular formula is C10H10. The predicted octanol–water partition coefficient (Wildman–Crippen LogP) is 2.28. The highest BCUT2D eigenvalue weighted by molar-refractivity contribution is 5.38. The number of aryl methyl sites for hydroxylation is 2. The summed E-state index contributed by atoms with van der Waals surface area (Å²) in [5.41, 5.74) is 3.43. The van der Waals surface area contributed by atoms with Crippen molar-refractivity contribution in [1.82, 2.24) is 0 Å². The van der Waals surface area contributed by atoms with E-state index < -0.39 is 0 Å². The second-order valence-corrected chi connectivity index (χ2v) is 2.52. The van der Waals surface area contributed by atoms with Crippen LogP contribution < -0.4 is 0 Å². The molecule has 0 atom stereocenters. The van der Waals surface area contributed by atoms with Crippen molar-refractivity contribution in [3.8, 4) is 12.3 Å². The molecule has 0 amide bonds. The zero-order valence-electron chi connectivity index (χ0n) is 6.31. The average molecular weight is 130 g/mol. The van der Waals surface area contributed by atoms with Crippen LogP contribution in [0.15, 0.2) is 18.2 Å². The van der Waals surface area contributed by atoms with Gasteiger partial charge in [0.05, 0.1) is 0 Å². The largest absolute Gasteiger partial charge is 0.115 e. The van der Waals surface area contributed by atoms with Crippen LogP contribution in [0.5, 0.6) is 0 Å². The van der Waals surface area contributed by atoms with E-state index in [1.807, 2.05) is 26.0 Å². The summed E-state index contributed by atoms with van der Waals surface area (Å²) >= 11 is 0. The van der Waals surface area contributed by atoms with Crippen LogP contribution in [0, 0.1) is 26.2 Å². The first kappa shape index (κ1) is 6.89. The molecule has 0 spiro atoms. The molecule has 0 radical (unpaired) electrons.